The Labute approximate surface area is 111 Å². The van der Waals surface area contributed by atoms with Gasteiger partial charge < -0.3 is 10.5 Å². The first-order chi connectivity index (χ1) is 8.97. The van der Waals surface area contributed by atoms with E-state index in [0.29, 0.717) is 5.02 Å². The van der Waals surface area contributed by atoms with Gasteiger partial charge in [-0.05, 0) is 24.3 Å². The van der Waals surface area contributed by atoms with E-state index in [2.05, 4.69) is 9.84 Å². The van der Waals surface area contributed by atoms with Gasteiger partial charge >= 0.3 is 12.6 Å². The summed E-state index contributed by atoms with van der Waals surface area (Å²) in [5, 5.41) is 4.17. The number of benzene rings is 1. The third kappa shape index (κ3) is 3.00. The quantitative estimate of drug-likeness (QED) is 0.943. The van der Waals surface area contributed by atoms with Crippen LogP contribution in [0.5, 0.6) is 5.75 Å². The van der Waals surface area contributed by atoms with E-state index in [4.69, 9.17) is 17.3 Å². The summed E-state index contributed by atoms with van der Waals surface area (Å²) in [6.07, 6.45) is 1.31. The van der Waals surface area contributed by atoms with E-state index in [9.17, 15) is 13.6 Å². The lowest BCUT2D eigenvalue weighted by Gasteiger charge is -2.09. The van der Waals surface area contributed by atoms with Crippen LogP contribution >= 0.6 is 11.6 Å². The predicted molar refractivity (Wildman–Crippen MR) is 64.3 cm³/mol. The molecule has 2 aromatic rings. The van der Waals surface area contributed by atoms with Crippen molar-refractivity contribution in [2.24, 2.45) is 5.73 Å². The van der Waals surface area contributed by atoms with Crippen molar-refractivity contribution in [3.8, 4) is 17.0 Å². The van der Waals surface area contributed by atoms with Crippen molar-refractivity contribution in [1.82, 2.24) is 9.78 Å². The number of alkyl halides is 2. The zero-order valence-corrected chi connectivity index (χ0v) is 10.1. The number of amides is 1. The molecule has 100 valence electrons. The number of rotatable bonds is 3. The highest BCUT2D eigenvalue weighted by molar-refractivity contribution is 6.30. The molecule has 0 aliphatic carbocycles. The van der Waals surface area contributed by atoms with Crippen LogP contribution in [-0.2, 0) is 0 Å². The van der Waals surface area contributed by atoms with Crippen LogP contribution in [0.4, 0.5) is 13.6 Å². The largest absolute Gasteiger partial charge is 0.434 e. The number of ether oxygens (including phenoxy) is 1. The molecule has 5 nitrogen and oxygen atoms in total. The molecule has 0 radical (unpaired) electrons. The molecule has 1 aromatic heterocycles. The number of carbonyl (C=O) groups is 1. The Morgan fingerprint density at radius 1 is 1.42 bits per heavy atom. The van der Waals surface area contributed by atoms with Crippen LogP contribution in [0.15, 0.2) is 30.5 Å². The standard InChI is InChI=1S/C11H8ClF2N3O2/c12-6-1-2-9(19-10(13)14)7(5-6)8-3-4-17(16-8)11(15)18/h1-5,10H,(H2,15,18). The summed E-state index contributed by atoms with van der Waals surface area (Å²) in [5.74, 6) is -0.0888. The third-order valence-electron chi connectivity index (χ3n) is 2.25. The number of halogens is 3. The molecule has 2 rings (SSSR count). The number of primary amides is 1. The maximum absolute atomic E-state index is 12.3. The molecule has 0 saturated heterocycles. The van der Waals surface area contributed by atoms with Crippen molar-refractivity contribution in [3.63, 3.8) is 0 Å². The van der Waals surface area contributed by atoms with Crippen molar-refractivity contribution in [2.45, 2.75) is 6.61 Å². The Bertz CT molecular complexity index is 616. The highest BCUT2D eigenvalue weighted by atomic mass is 35.5. The predicted octanol–water partition coefficient (Wildman–Crippen LogP) is 2.73. The summed E-state index contributed by atoms with van der Waals surface area (Å²) in [6.45, 7) is -2.97. The monoisotopic (exact) mass is 287 g/mol. The van der Waals surface area contributed by atoms with E-state index in [1.165, 1.54) is 30.5 Å². The fourth-order valence-corrected chi connectivity index (χ4v) is 1.66. The summed E-state index contributed by atoms with van der Waals surface area (Å²) in [4.78, 5) is 10.9. The molecule has 8 heteroatoms. The summed E-state index contributed by atoms with van der Waals surface area (Å²) in [7, 11) is 0. The smallest absolute Gasteiger partial charge is 0.387 e. The number of aromatic nitrogens is 2. The lowest BCUT2D eigenvalue weighted by molar-refractivity contribution is -0.0494. The van der Waals surface area contributed by atoms with Crippen molar-refractivity contribution in [1.29, 1.82) is 0 Å². The van der Waals surface area contributed by atoms with E-state index in [0.717, 1.165) is 4.68 Å². The first-order valence-corrected chi connectivity index (χ1v) is 5.45. The lowest BCUT2D eigenvalue weighted by atomic mass is 10.1. The Morgan fingerprint density at radius 3 is 2.74 bits per heavy atom. The van der Waals surface area contributed by atoms with Gasteiger partial charge in [0.15, 0.2) is 0 Å². The number of hydrogen-bond donors (Lipinski definition) is 1. The first kappa shape index (κ1) is 13.3. The van der Waals surface area contributed by atoms with Gasteiger partial charge in [-0.3, -0.25) is 0 Å². The van der Waals surface area contributed by atoms with Crippen molar-refractivity contribution in [2.75, 3.05) is 0 Å². The molecule has 0 spiro atoms. The zero-order chi connectivity index (χ0) is 14.0. The average Bonchev–Trinajstić information content (AvgIpc) is 2.80. The van der Waals surface area contributed by atoms with Crippen molar-refractivity contribution < 1.29 is 18.3 Å². The van der Waals surface area contributed by atoms with Crippen LogP contribution in [0, 0.1) is 0 Å². The summed E-state index contributed by atoms with van der Waals surface area (Å²) in [5.41, 5.74) is 5.53. The Hall–Kier alpha value is -2.15. The zero-order valence-electron chi connectivity index (χ0n) is 9.39. The molecule has 0 saturated carbocycles. The van der Waals surface area contributed by atoms with E-state index >= 15 is 0 Å². The molecule has 2 N–H and O–H groups in total. The fourth-order valence-electron chi connectivity index (χ4n) is 1.49. The number of carbonyl (C=O) groups excluding carboxylic acids is 1. The molecule has 1 amide bonds. The second-order valence-electron chi connectivity index (χ2n) is 3.50. The number of nitrogens with zero attached hydrogens (tertiary/aromatic N) is 2. The summed E-state index contributed by atoms with van der Waals surface area (Å²) in [6, 6.07) is 4.77. The Morgan fingerprint density at radius 2 is 2.16 bits per heavy atom. The normalized spacial score (nSPS) is 10.7. The van der Waals surface area contributed by atoms with E-state index < -0.39 is 12.6 Å². The molecule has 1 heterocycles. The van der Waals surface area contributed by atoms with Crippen molar-refractivity contribution in [3.05, 3.63) is 35.5 Å². The minimum absolute atomic E-state index is 0.0888. The van der Waals surface area contributed by atoms with Gasteiger partial charge in [-0.25, -0.2) is 4.79 Å². The van der Waals surface area contributed by atoms with Crippen LogP contribution in [-0.4, -0.2) is 22.4 Å². The Balaban J connectivity index is 2.46. The minimum atomic E-state index is -2.97. The number of hydrogen-bond acceptors (Lipinski definition) is 3. The van der Waals surface area contributed by atoms with Crippen LogP contribution in [0.1, 0.15) is 0 Å². The van der Waals surface area contributed by atoms with Gasteiger partial charge in [0.25, 0.3) is 0 Å². The van der Waals surface area contributed by atoms with Crippen molar-refractivity contribution >= 4 is 17.6 Å². The molecule has 0 unspecified atom stereocenters. The molecule has 19 heavy (non-hydrogen) atoms. The maximum Gasteiger partial charge on any atom is 0.387 e. The van der Waals surface area contributed by atoms with E-state index in [-0.39, 0.29) is 17.0 Å². The molecular formula is C11H8ClF2N3O2. The minimum Gasteiger partial charge on any atom is -0.434 e. The molecule has 0 bridgehead atoms. The van der Waals surface area contributed by atoms with Crippen LogP contribution < -0.4 is 10.5 Å². The molecular weight excluding hydrogens is 280 g/mol. The average molecular weight is 288 g/mol. The van der Waals surface area contributed by atoms with Gasteiger partial charge in [0.1, 0.15) is 5.75 Å². The van der Waals surface area contributed by atoms with Crippen LogP contribution in [0.25, 0.3) is 11.3 Å². The van der Waals surface area contributed by atoms with Gasteiger partial charge in [-0.2, -0.15) is 18.6 Å². The van der Waals surface area contributed by atoms with Gasteiger partial charge in [0, 0.05) is 16.8 Å². The maximum atomic E-state index is 12.3. The Kier molecular flexibility index (Phi) is 3.66. The fraction of sp³-hybridized carbons (Fsp3) is 0.0909. The highest BCUT2D eigenvalue weighted by Crippen LogP contribution is 2.32. The number of nitrogens with two attached hydrogens (primary N) is 1. The highest BCUT2D eigenvalue weighted by Gasteiger charge is 2.14. The molecule has 0 aliphatic rings. The summed E-state index contributed by atoms with van der Waals surface area (Å²) >= 11 is 5.80. The van der Waals surface area contributed by atoms with E-state index in [1.807, 2.05) is 0 Å². The van der Waals surface area contributed by atoms with Gasteiger partial charge in [0.2, 0.25) is 0 Å². The molecule has 1 aromatic carbocycles. The summed E-state index contributed by atoms with van der Waals surface area (Å²) < 4.78 is 29.8. The van der Waals surface area contributed by atoms with E-state index in [1.54, 1.807) is 0 Å². The second-order valence-corrected chi connectivity index (χ2v) is 3.94. The van der Waals surface area contributed by atoms with Gasteiger partial charge in [-0.1, -0.05) is 11.6 Å². The molecule has 0 atom stereocenters. The van der Waals surface area contributed by atoms with Crippen LogP contribution in [0.2, 0.25) is 5.02 Å². The first-order valence-electron chi connectivity index (χ1n) is 5.07. The third-order valence-corrected chi connectivity index (χ3v) is 2.48. The molecule has 0 fully saturated rings. The lowest BCUT2D eigenvalue weighted by Crippen LogP contribution is -2.19. The second kappa shape index (κ2) is 5.23. The van der Waals surface area contributed by atoms with Gasteiger partial charge in [-0.15, -0.1) is 0 Å². The van der Waals surface area contributed by atoms with Crippen LogP contribution in [0.3, 0.4) is 0 Å². The van der Waals surface area contributed by atoms with Gasteiger partial charge in [0.05, 0.1) is 5.69 Å². The topological polar surface area (TPSA) is 70.1 Å². The molecule has 0 aliphatic heterocycles. The SMILES string of the molecule is NC(=O)n1ccc(-c2cc(Cl)ccc2OC(F)F)n1.